The minimum Gasteiger partial charge on any atom is -0.358 e. The van der Waals surface area contributed by atoms with Gasteiger partial charge in [0.05, 0.1) is 18.0 Å². The Labute approximate surface area is 148 Å². The highest BCUT2D eigenvalue weighted by molar-refractivity contribution is 5.88. The number of hydrogen-bond acceptors (Lipinski definition) is 2. The fourth-order valence-corrected chi connectivity index (χ4v) is 3.33. The van der Waals surface area contributed by atoms with Crippen LogP contribution in [0.2, 0.25) is 0 Å². The third kappa shape index (κ3) is 3.60. The predicted molar refractivity (Wildman–Crippen MR) is 100 cm³/mol. The molecule has 0 aliphatic rings. The van der Waals surface area contributed by atoms with Crippen LogP contribution in [0.5, 0.6) is 0 Å². The van der Waals surface area contributed by atoms with Crippen molar-refractivity contribution in [2.75, 3.05) is 0 Å². The molecule has 3 aromatic rings. The minimum atomic E-state index is -0.128. The average Bonchev–Trinajstić information content (AvgIpc) is 3.20. The SMILES string of the molecule is CCc1[nH]c2c(CNC(=O)C(C)Cn3cccn3)cc(C)cc2c1C. The number of nitrogens with zero attached hydrogens (tertiary/aromatic N) is 2. The number of carbonyl (C=O) groups is 1. The van der Waals surface area contributed by atoms with Crippen molar-refractivity contribution in [3.8, 4) is 0 Å². The number of fused-ring (bicyclic) bond motifs is 1. The van der Waals surface area contributed by atoms with Gasteiger partial charge in [0.2, 0.25) is 5.91 Å². The molecule has 5 heteroatoms. The van der Waals surface area contributed by atoms with Gasteiger partial charge in [0.1, 0.15) is 0 Å². The van der Waals surface area contributed by atoms with E-state index in [-0.39, 0.29) is 11.8 Å². The van der Waals surface area contributed by atoms with E-state index in [1.54, 1.807) is 10.9 Å². The molecular formula is C20H26N4O. The Bertz CT molecular complexity index is 877. The number of hydrogen-bond donors (Lipinski definition) is 2. The molecule has 2 heterocycles. The van der Waals surface area contributed by atoms with E-state index in [1.807, 2.05) is 19.2 Å². The zero-order valence-corrected chi connectivity index (χ0v) is 15.4. The van der Waals surface area contributed by atoms with E-state index in [9.17, 15) is 4.79 Å². The Balaban J connectivity index is 1.75. The summed E-state index contributed by atoms with van der Waals surface area (Å²) in [5, 5.41) is 8.50. The second-order valence-electron chi connectivity index (χ2n) is 6.78. The minimum absolute atomic E-state index is 0.0455. The molecule has 3 rings (SSSR count). The molecule has 2 N–H and O–H groups in total. The summed E-state index contributed by atoms with van der Waals surface area (Å²) in [4.78, 5) is 16.0. The number of rotatable bonds is 6. The van der Waals surface area contributed by atoms with Gasteiger partial charge in [0.25, 0.3) is 0 Å². The van der Waals surface area contributed by atoms with Gasteiger partial charge in [-0.1, -0.05) is 25.5 Å². The molecule has 132 valence electrons. The maximum atomic E-state index is 12.4. The second kappa shape index (κ2) is 7.13. The quantitative estimate of drug-likeness (QED) is 0.722. The Morgan fingerprint density at radius 3 is 2.84 bits per heavy atom. The van der Waals surface area contributed by atoms with E-state index in [2.05, 4.69) is 48.3 Å². The summed E-state index contributed by atoms with van der Waals surface area (Å²) < 4.78 is 1.79. The van der Waals surface area contributed by atoms with Crippen molar-refractivity contribution >= 4 is 16.8 Å². The van der Waals surface area contributed by atoms with E-state index < -0.39 is 0 Å². The summed E-state index contributed by atoms with van der Waals surface area (Å²) in [6.45, 7) is 9.46. The second-order valence-corrected chi connectivity index (χ2v) is 6.78. The van der Waals surface area contributed by atoms with Crippen LogP contribution >= 0.6 is 0 Å². The molecule has 1 unspecified atom stereocenters. The Kier molecular flexibility index (Phi) is 4.93. The van der Waals surface area contributed by atoms with Gasteiger partial charge in [-0.2, -0.15) is 5.10 Å². The molecule has 0 saturated heterocycles. The average molecular weight is 338 g/mol. The standard InChI is InChI=1S/C20H26N4O/c1-5-18-15(4)17-10-13(2)9-16(19(17)23-18)11-21-20(25)14(3)12-24-8-6-7-22-24/h6-10,14,23H,5,11-12H2,1-4H3,(H,21,25). The van der Waals surface area contributed by atoms with E-state index >= 15 is 0 Å². The van der Waals surface area contributed by atoms with Crippen LogP contribution in [0, 0.1) is 19.8 Å². The Hall–Kier alpha value is -2.56. The molecule has 0 spiro atoms. The summed E-state index contributed by atoms with van der Waals surface area (Å²) >= 11 is 0. The topological polar surface area (TPSA) is 62.7 Å². The molecule has 0 aliphatic carbocycles. The van der Waals surface area contributed by atoms with Crippen molar-refractivity contribution < 1.29 is 4.79 Å². The first-order chi connectivity index (χ1) is 12.0. The number of carbonyl (C=O) groups excluding carboxylic acids is 1. The van der Waals surface area contributed by atoms with Crippen LogP contribution in [0.15, 0.2) is 30.6 Å². The molecule has 0 radical (unpaired) electrons. The van der Waals surface area contributed by atoms with Crippen molar-refractivity contribution in [3.05, 3.63) is 53.0 Å². The van der Waals surface area contributed by atoms with Crippen molar-refractivity contribution in [1.82, 2.24) is 20.1 Å². The normalized spacial score (nSPS) is 12.5. The fraction of sp³-hybridized carbons (Fsp3) is 0.400. The van der Waals surface area contributed by atoms with Gasteiger partial charge in [-0.3, -0.25) is 9.48 Å². The van der Waals surface area contributed by atoms with Gasteiger partial charge in [-0.05, 0) is 43.5 Å². The lowest BCUT2D eigenvalue weighted by molar-refractivity contribution is -0.125. The van der Waals surface area contributed by atoms with Gasteiger partial charge in [0.15, 0.2) is 0 Å². The van der Waals surface area contributed by atoms with Crippen molar-refractivity contribution in [2.45, 2.75) is 47.2 Å². The van der Waals surface area contributed by atoms with Crippen molar-refractivity contribution in [3.63, 3.8) is 0 Å². The number of aromatic amines is 1. The highest BCUT2D eigenvalue weighted by atomic mass is 16.1. The fourth-order valence-electron chi connectivity index (χ4n) is 3.33. The first kappa shape index (κ1) is 17.3. The van der Waals surface area contributed by atoms with Crippen LogP contribution in [0.3, 0.4) is 0 Å². The number of aromatic nitrogens is 3. The van der Waals surface area contributed by atoms with Crippen LogP contribution in [0.4, 0.5) is 0 Å². The molecule has 1 atom stereocenters. The Morgan fingerprint density at radius 2 is 2.16 bits per heavy atom. The van der Waals surface area contributed by atoms with Crippen LogP contribution in [-0.2, 0) is 24.3 Å². The van der Waals surface area contributed by atoms with Gasteiger partial charge in [0, 0.05) is 30.0 Å². The lowest BCUT2D eigenvalue weighted by Gasteiger charge is -2.13. The number of nitrogens with one attached hydrogen (secondary N) is 2. The van der Waals surface area contributed by atoms with Crippen molar-refractivity contribution in [1.29, 1.82) is 0 Å². The van der Waals surface area contributed by atoms with E-state index in [0.29, 0.717) is 13.1 Å². The lowest BCUT2D eigenvalue weighted by Crippen LogP contribution is -2.31. The van der Waals surface area contributed by atoms with Crippen LogP contribution in [0.1, 0.15) is 36.2 Å². The molecule has 2 aromatic heterocycles. The molecule has 5 nitrogen and oxygen atoms in total. The zero-order chi connectivity index (χ0) is 18.0. The van der Waals surface area contributed by atoms with Gasteiger partial charge in [-0.25, -0.2) is 0 Å². The first-order valence-electron chi connectivity index (χ1n) is 8.85. The molecule has 1 aromatic carbocycles. The van der Waals surface area contributed by atoms with Gasteiger partial charge < -0.3 is 10.3 Å². The first-order valence-corrected chi connectivity index (χ1v) is 8.85. The highest BCUT2D eigenvalue weighted by Gasteiger charge is 2.15. The largest absolute Gasteiger partial charge is 0.358 e. The number of H-pyrrole nitrogens is 1. The molecule has 0 saturated carbocycles. The van der Waals surface area contributed by atoms with Crippen LogP contribution in [0.25, 0.3) is 10.9 Å². The molecular weight excluding hydrogens is 312 g/mol. The zero-order valence-electron chi connectivity index (χ0n) is 15.4. The summed E-state index contributed by atoms with van der Waals surface area (Å²) in [6.07, 6.45) is 4.58. The monoisotopic (exact) mass is 338 g/mol. The lowest BCUT2D eigenvalue weighted by atomic mass is 10.0. The molecule has 25 heavy (non-hydrogen) atoms. The number of aryl methyl sites for hydroxylation is 3. The highest BCUT2D eigenvalue weighted by Crippen LogP contribution is 2.26. The maximum Gasteiger partial charge on any atom is 0.224 e. The van der Waals surface area contributed by atoms with Gasteiger partial charge >= 0.3 is 0 Å². The van der Waals surface area contributed by atoms with E-state index in [1.165, 1.54) is 22.2 Å². The predicted octanol–water partition coefficient (Wildman–Crippen LogP) is 3.50. The summed E-state index contributed by atoms with van der Waals surface area (Å²) in [5.74, 6) is -0.0825. The molecule has 0 aliphatic heterocycles. The number of amides is 1. The third-order valence-corrected chi connectivity index (χ3v) is 4.77. The maximum absolute atomic E-state index is 12.4. The third-order valence-electron chi connectivity index (χ3n) is 4.77. The van der Waals surface area contributed by atoms with Crippen LogP contribution < -0.4 is 5.32 Å². The molecule has 1 amide bonds. The van der Waals surface area contributed by atoms with E-state index in [4.69, 9.17) is 0 Å². The van der Waals surface area contributed by atoms with Crippen LogP contribution in [-0.4, -0.2) is 20.7 Å². The molecule has 0 fully saturated rings. The van der Waals surface area contributed by atoms with Gasteiger partial charge in [-0.15, -0.1) is 0 Å². The smallest absolute Gasteiger partial charge is 0.224 e. The Morgan fingerprint density at radius 1 is 1.36 bits per heavy atom. The van der Waals surface area contributed by atoms with E-state index in [0.717, 1.165) is 17.5 Å². The summed E-state index contributed by atoms with van der Waals surface area (Å²) in [7, 11) is 0. The summed E-state index contributed by atoms with van der Waals surface area (Å²) in [6, 6.07) is 6.23. The molecule has 0 bridgehead atoms. The summed E-state index contributed by atoms with van der Waals surface area (Å²) in [5.41, 5.74) is 6.06. The number of benzene rings is 1. The van der Waals surface area contributed by atoms with Crippen molar-refractivity contribution in [2.24, 2.45) is 5.92 Å².